The molecule has 3 heterocycles. The summed E-state index contributed by atoms with van der Waals surface area (Å²) in [7, 11) is 0. The zero-order valence-electron chi connectivity index (χ0n) is 16.4. The minimum Gasteiger partial charge on any atom is -0.354 e. The van der Waals surface area contributed by atoms with E-state index in [4.69, 9.17) is 5.73 Å². The topological polar surface area (TPSA) is 58.3 Å². The largest absolute Gasteiger partial charge is 0.354 e. The van der Waals surface area contributed by atoms with Crippen LogP contribution in [0.5, 0.6) is 0 Å². The molecule has 150 valence electrons. The quantitative estimate of drug-likeness (QED) is 0.699. The molecular formula is C23H26FN5. The van der Waals surface area contributed by atoms with Crippen molar-refractivity contribution >= 4 is 5.82 Å². The van der Waals surface area contributed by atoms with E-state index in [2.05, 4.69) is 19.8 Å². The normalized spacial score (nSPS) is 17.1. The zero-order chi connectivity index (χ0) is 20.1. The lowest BCUT2D eigenvalue weighted by Crippen LogP contribution is -2.48. The fourth-order valence-electron chi connectivity index (χ4n) is 3.89. The van der Waals surface area contributed by atoms with Gasteiger partial charge in [-0.2, -0.15) is 0 Å². The Balaban J connectivity index is 1.48. The van der Waals surface area contributed by atoms with Gasteiger partial charge in [0.2, 0.25) is 0 Å². The SMILES string of the molecule is NC(c1ccccn1)C(CN1CCN(c2ccccn2)CC1)c1ccc(F)cc1. The molecule has 1 aromatic carbocycles. The standard InChI is InChI=1S/C23H26FN5/c24-19-9-7-18(8-10-19)20(23(25)21-5-1-3-11-26-21)17-28-13-15-29(16-14-28)22-6-2-4-12-27-22/h1-12,20,23H,13-17,25H2. The number of nitrogens with zero attached hydrogens (tertiary/aromatic N) is 4. The molecular weight excluding hydrogens is 365 g/mol. The molecule has 2 unspecified atom stereocenters. The molecule has 1 fully saturated rings. The van der Waals surface area contributed by atoms with Crippen LogP contribution in [0.2, 0.25) is 0 Å². The molecule has 0 amide bonds. The van der Waals surface area contributed by atoms with Gasteiger partial charge in [0.1, 0.15) is 11.6 Å². The molecule has 4 rings (SSSR count). The Hall–Kier alpha value is -2.83. The number of rotatable bonds is 6. The van der Waals surface area contributed by atoms with E-state index < -0.39 is 0 Å². The highest BCUT2D eigenvalue weighted by Gasteiger charge is 2.27. The second-order valence-corrected chi connectivity index (χ2v) is 7.41. The molecule has 0 saturated carbocycles. The Morgan fingerprint density at radius 2 is 1.55 bits per heavy atom. The summed E-state index contributed by atoms with van der Waals surface area (Å²) >= 11 is 0. The molecule has 1 saturated heterocycles. The monoisotopic (exact) mass is 391 g/mol. The molecule has 6 heteroatoms. The van der Waals surface area contributed by atoms with E-state index in [-0.39, 0.29) is 17.8 Å². The molecule has 1 aliphatic heterocycles. The van der Waals surface area contributed by atoms with E-state index in [1.807, 2.05) is 54.7 Å². The molecule has 2 aromatic heterocycles. The van der Waals surface area contributed by atoms with E-state index in [0.29, 0.717) is 0 Å². The first-order valence-corrected chi connectivity index (χ1v) is 10.0. The zero-order valence-corrected chi connectivity index (χ0v) is 16.4. The van der Waals surface area contributed by atoms with Gasteiger partial charge in [0.05, 0.1) is 11.7 Å². The van der Waals surface area contributed by atoms with Gasteiger partial charge >= 0.3 is 0 Å². The van der Waals surface area contributed by atoms with Gasteiger partial charge in [-0.25, -0.2) is 9.37 Å². The Morgan fingerprint density at radius 3 is 2.17 bits per heavy atom. The smallest absolute Gasteiger partial charge is 0.128 e. The van der Waals surface area contributed by atoms with Crippen LogP contribution in [-0.2, 0) is 0 Å². The average Bonchev–Trinajstić information content (AvgIpc) is 2.79. The summed E-state index contributed by atoms with van der Waals surface area (Å²) in [5.74, 6) is 0.821. The fourth-order valence-corrected chi connectivity index (χ4v) is 3.89. The van der Waals surface area contributed by atoms with Crippen molar-refractivity contribution in [1.82, 2.24) is 14.9 Å². The Morgan fingerprint density at radius 1 is 0.862 bits per heavy atom. The molecule has 0 bridgehead atoms. The summed E-state index contributed by atoms with van der Waals surface area (Å²) < 4.78 is 13.5. The van der Waals surface area contributed by atoms with Crippen LogP contribution in [0.3, 0.4) is 0 Å². The highest BCUT2D eigenvalue weighted by Crippen LogP contribution is 2.30. The molecule has 29 heavy (non-hydrogen) atoms. The van der Waals surface area contributed by atoms with Gasteiger partial charge in [0, 0.05) is 51.0 Å². The second-order valence-electron chi connectivity index (χ2n) is 7.41. The first-order valence-electron chi connectivity index (χ1n) is 10.0. The maximum atomic E-state index is 13.5. The number of benzene rings is 1. The first kappa shape index (κ1) is 19.5. The fraction of sp³-hybridized carbons (Fsp3) is 0.304. The summed E-state index contributed by atoms with van der Waals surface area (Å²) in [5.41, 5.74) is 8.54. The Labute approximate surface area is 171 Å². The summed E-state index contributed by atoms with van der Waals surface area (Å²) in [4.78, 5) is 13.6. The maximum Gasteiger partial charge on any atom is 0.128 e. The summed E-state index contributed by atoms with van der Waals surface area (Å²) in [6.45, 7) is 4.52. The molecule has 2 atom stereocenters. The molecule has 2 N–H and O–H groups in total. The van der Waals surface area contributed by atoms with Gasteiger partial charge in [-0.05, 0) is 42.0 Å². The minimum atomic E-state index is -0.254. The van der Waals surface area contributed by atoms with Gasteiger partial charge < -0.3 is 10.6 Å². The van der Waals surface area contributed by atoms with Crippen molar-refractivity contribution in [1.29, 1.82) is 0 Å². The van der Waals surface area contributed by atoms with Crippen LogP contribution in [0.4, 0.5) is 10.2 Å². The van der Waals surface area contributed by atoms with Crippen LogP contribution in [0, 0.1) is 5.82 Å². The van der Waals surface area contributed by atoms with E-state index >= 15 is 0 Å². The van der Waals surface area contributed by atoms with Gasteiger partial charge in [0.25, 0.3) is 0 Å². The van der Waals surface area contributed by atoms with Crippen molar-refractivity contribution in [3.63, 3.8) is 0 Å². The van der Waals surface area contributed by atoms with Crippen LogP contribution in [0.15, 0.2) is 73.1 Å². The number of hydrogen-bond acceptors (Lipinski definition) is 5. The van der Waals surface area contributed by atoms with Crippen molar-refractivity contribution < 1.29 is 4.39 Å². The lowest BCUT2D eigenvalue weighted by atomic mass is 9.89. The van der Waals surface area contributed by atoms with E-state index in [1.165, 1.54) is 12.1 Å². The lowest BCUT2D eigenvalue weighted by molar-refractivity contribution is 0.231. The van der Waals surface area contributed by atoms with Crippen molar-refractivity contribution in [2.45, 2.75) is 12.0 Å². The van der Waals surface area contributed by atoms with Crippen LogP contribution >= 0.6 is 0 Å². The van der Waals surface area contributed by atoms with Gasteiger partial charge in [-0.15, -0.1) is 0 Å². The minimum absolute atomic E-state index is 0.0342. The van der Waals surface area contributed by atoms with Crippen molar-refractivity contribution in [2.24, 2.45) is 5.73 Å². The van der Waals surface area contributed by atoms with Crippen LogP contribution in [-0.4, -0.2) is 47.6 Å². The molecule has 5 nitrogen and oxygen atoms in total. The molecule has 0 radical (unpaired) electrons. The van der Waals surface area contributed by atoms with E-state index in [0.717, 1.165) is 49.8 Å². The number of pyridine rings is 2. The van der Waals surface area contributed by atoms with Crippen LogP contribution in [0.25, 0.3) is 0 Å². The van der Waals surface area contributed by atoms with E-state index in [1.54, 1.807) is 6.20 Å². The average molecular weight is 391 g/mol. The third-order valence-electron chi connectivity index (χ3n) is 5.56. The number of nitrogens with two attached hydrogens (primary N) is 1. The molecule has 3 aromatic rings. The highest BCUT2D eigenvalue weighted by molar-refractivity contribution is 5.38. The van der Waals surface area contributed by atoms with Crippen LogP contribution < -0.4 is 10.6 Å². The highest BCUT2D eigenvalue weighted by atomic mass is 19.1. The van der Waals surface area contributed by atoms with Crippen molar-refractivity contribution in [3.05, 3.63) is 90.1 Å². The van der Waals surface area contributed by atoms with Gasteiger partial charge in [0.15, 0.2) is 0 Å². The number of halogens is 1. The number of hydrogen-bond donors (Lipinski definition) is 1. The number of anilines is 1. The van der Waals surface area contributed by atoms with Gasteiger partial charge in [-0.3, -0.25) is 9.88 Å². The summed E-state index contributed by atoms with van der Waals surface area (Å²) in [5, 5.41) is 0. The third-order valence-corrected chi connectivity index (χ3v) is 5.56. The predicted octanol–water partition coefficient (Wildman–Crippen LogP) is 3.22. The first-order chi connectivity index (χ1) is 14.2. The van der Waals surface area contributed by atoms with Crippen molar-refractivity contribution in [2.75, 3.05) is 37.6 Å². The summed E-state index contributed by atoms with van der Waals surface area (Å²) in [6.07, 6.45) is 3.60. The molecule has 1 aliphatic rings. The van der Waals surface area contributed by atoms with Crippen molar-refractivity contribution in [3.8, 4) is 0 Å². The summed E-state index contributed by atoms with van der Waals surface area (Å²) in [6, 6.07) is 18.2. The van der Waals surface area contributed by atoms with Crippen LogP contribution in [0.1, 0.15) is 23.2 Å². The lowest BCUT2D eigenvalue weighted by Gasteiger charge is -2.38. The molecule has 0 spiro atoms. The third kappa shape index (κ3) is 4.78. The van der Waals surface area contributed by atoms with E-state index in [9.17, 15) is 4.39 Å². The van der Waals surface area contributed by atoms with Gasteiger partial charge in [-0.1, -0.05) is 24.3 Å². The maximum absolute atomic E-state index is 13.5. The predicted molar refractivity (Wildman–Crippen MR) is 113 cm³/mol. The number of piperazine rings is 1. The Kier molecular flexibility index (Phi) is 6.12. The Bertz CT molecular complexity index is 880. The second kappa shape index (κ2) is 9.11. The molecule has 0 aliphatic carbocycles. The number of aromatic nitrogens is 2.